The first-order chi connectivity index (χ1) is 9.97. The van der Waals surface area contributed by atoms with Crippen LogP contribution in [0.2, 0.25) is 0 Å². The molecule has 114 valence electrons. The number of rotatable bonds is 5. The summed E-state index contributed by atoms with van der Waals surface area (Å²) in [7, 11) is 1.91. The second-order valence-electron chi connectivity index (χ2n) is 4.43. The molecule has 0 saturated heterocycles. The lowest BCUT2D eigenvalue weighted by molar-refractivity contribution is -0.123. The maximum atomic E-state index is 10.9. The molecule has 9 nitrogen and oxygen atoms in total. The number of primary amides is 1. The number of aromatic nitrogens is 4. The van der Waals surface area contributed by atoms with Gasteiger partial charge in [-0.2, -0.15) is 4.98 Å². The van der Waals surface area contributed by atoms with Gasteiger partial charge in [0.1, 0.15) is 0 Å². The van der Waals surface area contributed by atoms with Crippen LogP contribution < -0.4 is 5.73 Å². The van der Waals surface area contributed by atoms with E-state index in [-0.39, 0.29) is 18.4 Å². The van der Waals surface area contributed by atoms with Crippen LogP contribution in [0.15, 0.2) is 18.5 Å². The summed E-state index contributed by atoms with van der Waals surface area (Å²) >= 11 is 0. The SMILES string of the molecule is CC(CC(N)=O)N(C)Cc1nc2ncccn2n1.O=CO. The topological polar surface area (TPSA) is 127 Å². The molecule has 0 radical (unpaired) electrons. The molecule has 0 aliphatic rings. The highest BCUT2D eigenvalue weighted by atomic mass is 16.3. The molecule has 1 atom stereocenters. The van der Waals surface area contributed by atoms with Gasteiger partial charge in [0.2, 0.25) is 5.91 Å². The Balaban J connectivity index is 0.000000677. The molecule has 2 aromatic rings. The molecule has 2 rings (SSSR count). The first-order valence-corrected chi connectivity index (χ1v) is 6.20. The number of carbonyl (C=O) groups is 2. The molecule has 0 spiro atoms. The van der Waals surface area contributed by atoms with Gasteiger partial charge in [-0.1, -0.05) is 0 Å². The van der Waals surface area contributed by atoms with E-state index in [1.165, 1.54) is 0 Å². The molecule has 0 fully saturated rings. The van der Waals surface area contributed by atoms with Crippen LogP contribution in [0, 0.1) is 0 Å². The molecule has 1 amide bonds. The first-order valence-electron chi connectivity index (χ1n) is 6.20. The predicted molar refractivity (Wildman–Crippen MR) is 74.2 cm³/mol. The van der Waals surface area contributed by atoms with Crippen molar-refractivity contribution in [2.24, 2.45) is 5.73 Å². The normalized spacial score (nSPS) is 11.8. The van der Waals surface area contributed by atoms with Gasteiger partial charge in [-0.05, 0) is 20.0 Å². The van der Waals surface area contributed by atoms with Crippen LogP contribution in [-0.4, -0.2) is 55.1 Å². The molecule has 21 heavy (non-hydrogen) atoms. The van der Waals surface area contributed by atoms with E-state index >= 15 is 0 Å². The number of hydrogen-bond donors (Lipinski definition) is 2. The number of nitrogens with two attached hydrogens (primary N) is 1. The fourth-order valence-corrected chi connectivity index (χ4v) is 1.67. The highest BCUT2D eigenvalue weighted by Gasteiger charge is 2.14. The van der Waals surface area contributed by atoms with E-state index in [2.05, 4.69) is 15.1 Å². The van der Waals surface area contributed by atoms with Crippen molar-refractivity contribution in [3.05, 3.63) is 24.3 Å². The van der Waals surface area contributed by atoms with E-state index in [1.54, 1.807) is 23.0 Å². The van der Waals surface area contributed by atoms with Gasteiger partial charge in [0.15, 0.2) is 5.82 Å². The van der Waals surface area contributed by atoms with Crippen LogP contribution in [-0.2, 0) is 16.1 Å². The Morgan fingerprint density at radius 1 is 1.62 bits per heavy atom. The third kappa shape index (κ3) is 5.15. The molecule has 0 saturated carbocycles. The zero-order valence-electron chi connectivity index (χ0n) is 11.9. The quantitative estimate of drug-likeness (QED) is 0.713. The van der Waals surface area contributed by atoms with Gasteiger partial charge in [0.25, 0.3) is 12.2 Å². The average Bonchev–Trinajstić information content (AvgIpc) is 2.80. The first kappa shape index (κ1) is 16.5. The van der Waals surface area contributed by atoms with Crippen LogP contribution in [0.3, 0.4) is 0 Å². The highest BCUT2D eigenvalue weighted by Crippen LogP contribution is 2.06. The van der Waals surface area contributed by atoms with E-state index in [0.717, 1.165) is 0 Å². The zero-order valence-corrected chi connectivity index (χ0v) is 11.9. The van der Waals surface area contributed by atoms with E-state index in [0.29, 0.717) is 24.6 Å². The van der Waals surface area contributed by atoms with Crippen LogP contribution in [0.1, 0.15) is 19.2 Å². The number of carbonyl (C=O) groups excluding carboxylic acids is 1. The standard InChI is InChI=1S/C11H16N6O.CH2O2/c1-8(6-9(12)18)16(2)7-10-14-11-13-4-3-5-17(11)15-10;2-1-3/h3-5,8H,6-7H2,1-2H3,(H2,12,18);1H,(H,2,3). The molecular formula is C12H18N6O3. The lowest BCUT2D eigenvalue weighted by Gasteiger charge is -2.21. The largest absolute Gasteiger partial charge is 0.483 e. The Kier molecular flexibility index (Phi) is 6.21. The van der Waals surface area contributed by atoms with Crippen molar-refractivity contribution in [1.82, 2.24) is 24.5 Å². The van der Waals surface area contributed by atoms with Crippen molar-refractivity contribution < 1.29 is 14.7 Å². The molecule has 1 unspecified atom stereocenters. The molecule has 0 bridgehead atoms. The molecule has 0 aliphatic carbocycles. The molecular weight excluding hydrogens is 276 g/mol. The smallest absolute Gasteiger partial charge is 0.290 e. The molecule has 0 aliphatic heterocycles. The molecule has 3 N–H and O–H groups in total. The number of hydrogen-bond acceptors (Lipinski definition) is 6. The van der Waals surface area contributed by atoms with Gasteiger partial charge in [-0.15, -0.1) is 5.10 Å². The van der Waals surface area contributed by atoms with Gasteiger partial charge in [-0.3, -0.25) is 14.5 Å². The van der Waals surface area contributed by atoms with Crippen LogP contribution >= 0.6 is 0 Å². The minimum atomic E-state index is -0.307. The second kappa shape index (κ2) is 7.90. The summed E-state index contributed by atoms with van der Waals surface area (Å²) in [5.74, 6) is 0.940. The van der Waals surface area contributed by atoms with E-state index in [1.807, 2.05) is 18.9 Å². The van der Waals surface area contributed by atoms with Gasteiger partial charge in [-0.25, -0.2) is 9.50 Å². The van der Waals surface area contributed by atoms with Crippen molar-refractivity contribution in [2.75, 3.05) is 7.05 Å². The van der Waals surface area contributed by atoms with Crippen molar-refractivity contribution in [3.8, 4) is 0 Å². The second-order valence-corrected chi connectivity index (χ2v) is 4.43. The highest BCUT2D eigenvalue weighted by molar-refractivity contribution is 5.74. The van der Waals surface area contributed by atoms with Crippen molar-refractivity contribution in [3.63, 3.8) is 0 Å². The minimum absolute atomic E-state index is 0.0575. The molecule has 2 heterocycles. The number of nitrogens with zero attached hydrogens (tertiary/aromatic N) is 5. The Bertz CT molecular complexity index is 566. The van der Waals surface area contributed by atoms with Gasteiger partial charge in [0, 0.05) is 24.9 Å². The van der Waals surface area contributed by atoms with Gasteiger partial charge < -0.3 is 10.8 Å². The zero-order chi connectivity index (χ0) is 15.8. The summed E-state index contributed by atoms with van der Waals surface area (Å²) in [6.45, 7) is 2.25. The molecule has 2 aromatic heterocycles. The van der Waals surface area contributed by atoms with E-state index < -0.39 is 0 Å². The predicted octanol–water partition coefficient (Wildman–Crippen LogP) is -0.479. The number of amides is 1. The van der Waals surface area contributed by atoms with Gasteiger partial charge >= 0.3 is 0 Å². The average molecular weight is 294 g/mol. The Morgan fingerprint density at radius 3 is 2.86 bits per heavy atom. The van der Waals surface area contributed by atoms with E-state index in [9.17, 15) is 4.79 Å². The number of fused-ring (bicyclic) bond motifs is 1. The summed E-state index contributed by atoms with van der Waals surface area (Å²) in [4.78, 5) is 29.6. The summed E-state index contributed by atoms with van der Waals surface area (Å²) in [6.07, 6.45) is 3.79. The summed E-state index contributed by atoms with van der Waals surface area (Å²) in [5, 5.41) is 11.2. The Hall–Kier alpha value is -2.55. The summed E-state index contributed by atoms with van der Waals surface area (Å²) in [5.41, 5.74) is 5.17. The maximum absolute atomic E-state index is 10.9. The van der Waals surface area contributed by atoms with Gasteiger partial charge in [0.05, 0.1) is 6.54 Å². The fourth-order valence-electron chi connectivity index (χ4n) is 1.67. The Labute approximate surface area is 121 Å². The molecule has 9 heteroatoms. The monoisotopic (exact) mass is 294 g/mol. The third-order valence-electron chi connectivity index (χ3n) is 2.80. The summed E-state index contributed by atoms with van der Waals surface area (Å²) in [6, 6.07) is 1.85. The fraction of sp³-hybridized carbons (Fsp3) is 0.417. The van der Waals surface area contributed by atoms with Crippen LogP contribution in [0.25, 0.3) is 5.78 Å². The maximum Gasteiger partial charge on any atom is 0.290 e. The lowest BCUT2D eigenvalue weighted by Crippen LogP contribution is -2.33. The van der Waals surface area contributed by atoms with Crippen LogP contribution in [0.4, 0.5) is 0 Å². The molecule has 0 aromatic carbocycles. The van der Waals surface area contributed by atoms with Crippen molar-refractivity contribution in [2.45, 2.75) is 25.9 Å². The van der Waals surface area contributed by atoms with Crippen molar-refractivity contribution in [1.29, 1.82) is 0 Å². The number of carboxylic acid groups (broad SMARTS) is 1. The Morgan fingerprint density at radius 2 is 2.29 bits per heavy atom. The third-order valence-corrected chi connectivity index (χ3v) is 2.80. The van der Waals surface area contributed by atoms with Crippen LogP contribution in [0.5, 0.6) is 0 Å². The van der Waals surface area contributed by atoms with E-state index in [4.69, 9.17) is 15.6 Å². The lowest BCUT2D eigenvalue weighted by atomic mass is 10.2. The van der Waals surface area contributed by atoms with Crippen molar-refractivity contribution >= 4 is 18.2 Å². The minimum Gasteiger partial charge on any atom is -0.483 e. The summed E-state index contributed by atoms with van der Waals surface area (Å²) < 4.78 is 1.63.